The van der Waals surface area contributed by atoms with Gasteiger partial charge in [-0.05, 0) is 24.1 Å². The number of nitriles is 1. The van der Waals surface area contributed by atoms with Crippen LogP contribution < -0.4 is 4.74 Å². The maximum Gasteiger partial charge on any atom is 0.118 e. The van der Waals surface area contributed by atoms with Crippen molar-refractivity contribution in [3.8, 4) is 11.8 Å². The van der Waals surface area contributed by atoms with Crippen molar-refractivity contribution in [3.63, 3.8) is 0 Å². The van der Waals surface area contributed by atoms with Gasteiger partial charge in [0, 0.05) is 12.5 Å². The molecule has 15 heavy (non-hydrogen) atoms. The van der Waals surface area contributed by atoms with Gasteiger partial charge in [0.25, 0.3) is 0 Å². The largest absolute Gasteiger partial charge is 0.497 e. The van der Waals surface area contributed by atoms with Crippen molar-refractivity contribution in [2.24, 2.45) is 5.92 Å². The Morgan fingerprint density at radius 1 is 1.53 bits per heavy atom. The standard InChI is InChI=1S/C12H13NO2/c1-15-11-4-2-9(3-5-11)12(8-13)6-10(12)7-14/h2-5,10,14H,6-7H2,1H3. The monoisotopic (exact) mass is 203 g/mol. The molecule has 3 heteroatoms. The van der Waals surface area contributed by atoms with Gasteiger partial charge in [0.05, 0.1) is 18.6 Å². The fourth-order valence-corrected chi connectivity index (χ4v) is 1.99. The van der Waals surface area contributed by atoms with Crippen molar-refractivity contribution in [1.29, 1.82) is 5.26 Å². The number of nitrogens with zero attached hydrogens (tertiary/aromatic N) is 1. The van der Waals surface area contributed by atoms with Crippen LogP contribution in [0.15, 0.2) is 24.3 Å². The summed E-state index contributed by atoms with van der Waals surface area (Å²) in [6.45, 7) is 0.0829. The van der Waals surface area contributed by atoms with Gasteiger partial charge in [0.15, 0.2) is 0 Å². The molecular formula is C12H13NO2. The highest BCUT2D eigenvalue weighted by Gasteiger charge is 2.55. The minimum atomic E-state index is -0.457. The van der Waals surface area contributed by atoms with Crippen molar-refractivity contribution in [2.75, 3.05) is 13.7 Å². The van der Waals surface area contributed by atoms with Crippen LogP contribution in [0.1, 0.15) is 12.0 Å². The molecule has 0 radical (unpaired) electrons. The Kier molecular flexibility index (Phi) is 2.37. The Labute approximate surface area is 88.9 Å². The summed E-state index contributed by atoms with van der Waals surface area (Å²) >= 11 is 0. The Hall–Kier alpha value is -1.53. The number of rotatable bonds is 3. The average Bonchev–Trinajstić information content (AvgIpc) is 3.04. The van der Waals surface area contributed by atoms with E-state index < -0.39 is 5.41 Å². The van der Waals surface area contributed by atoms with Crippen LogP contribution in [0.25, 0.3) is 0 Å². The lowest BCUT2D eigenvalue weighted by molar-refractivity contribution is 0.269. The summed E-state index contributed by atoms with van der Waals surface area (Å²) in [4.78, 5) is 0. The average molecular weight is 203 g/mol. The van der Waals surface area contributed by atoms with E-state index in [9.17, 15) is 0 Å². The molecule has 0 amide bonds. The molecule has 1 aromatic rings. The second-order valence-electron chi connectivity index (χ2n) is 3.90. The van der Waals surface area contributed by atoms with E-state index in [1.54, 1.807) is 7.11 Å². The molecular weight excluding hydrogens is 190 g/mol. The normalized spacial score (nSPS) is 28.2. The zero-order chi connectivity index (χ0) is 10.9. The molecule has 2 rings (SSSR count). The quantitative estimate of drug-likeness (QED) is 0.809. The highest BCUT2D eigenvalue weighted by Crippen LogP contribution is 2.53. The van der Waals surface area contributed by atoms with E-state index in [4.69, 9.17) is 15.1 Å². The zero-order valence-electron chi connectivity index (χ0n) is 8.60. The highest BCUT2D eigenvalue weighted by molar-refractivity contribution is 5.43. The Bertz CT molecular complexity index is 393. The number of methoxy groups -OCH3 is 1. The summed E-state index contributed by atoms with van der Waals surface area (Å²) in [6, 6.07) is 9.80. The van der Waals surface area contributed by atoms with Crippen LogP contribution in [-0.4, -0.2) is 18.8 Å². The summed E-state index contributed by atoms with van der Waals surface area (Å²) in [6.07, 6.45) is 0.756. The van der Waals surface area contributed by atoms with Crippen molar-refractivity contribution in [3.05, 3.63) is 29.8 Å². The maximum absolute atomic E-state index is 9.15. The molecule has 1 N–H and O–H groups in total. The minimum Gasteiger partial charge on any atom is -0.497 e. The Morgan fingerprint density at radius 2 is 2.20 bits per heavy atom. The number of hydrogen-bond acceptors (Lipinski definition) is 3. The molecule has 1 saturated carbocycles. The fourth-order valence-electron chi connectivity index (χ4n) is 1.99. The van der Waals surface area contributed by atoms with Gasteiger partial charge in [-0.15, -0.1) is 0 Å². The van der Waals surface area contributed by atoms with Gasteiger partial charge in [-0.1, -0.05) is 12.1 Å². The number of aliphatic hydroxyl groups is 1. The first-order valence-corrected chi connectivity index (χ1v) is 4.93. The molecule has 0 aromatic heterocycles. The molecule has 78 valence electrons. The number of hydrogen-bond donors (Lipinski definition) is 1. The molecule has 1 aliphatic carbocycles. The summed E-state index contributed by atoms with van der Waals surface area (Å²) in [5, 5.41) is 18.2. The van der Waals surface area contributed by atoms with E-state index in [-0.39, 0.29) is 12.5 Å². The molecule has 3 nitrogen and oxygen atoms in total. The van der Waals surface area contributed by atoms with Crippen LogP contribution in [0.2, 0.25) is 0 Å². The smallest absolute Gasteiger partial charge is 0.118 e. The van der Waals surface area contributed by atoms with Crippen LogP contribution >= 0.6 is 0 Å². The van der Waals surface area contributed by atoms with E-state index in [0.717, 1.165) is 17.7 Å². The first-order chi connectivity index (χ1) is 7.26. The topological polar surface area (TPSA) is 53.2 Å². The lowest BCUT2D eigenvalue weighted by Gasteiger charge is -2.08. The Morgan fingerprint density at radius 3 is 2.60 bits per heavy atom. The molecule has 1 fully saturated rings. The molecule has 0 aliphatic heterocycles. The SMILES string of the molecule is COc1ccc(C2(C#N)CC2CO)cc1. The van der Waals surface area contributed by atoms with Gasteiger partial charge in [0.1, 0.15) is 5.75 Å². The third-order valence-corrected chi connectivity index (χ3v) is 3.13. The van der Waals surface area contributed by atoms with Gasteiger partial charge >= 0.3 is 0 Å². The first-order valence-electron chi connectivity index (χ1n) is 4.93. The van der Waals surface area contributed by atoms with Crippen LogP contribution in [-0.2, 0) is 5.41 Å². The van der Waals surface area contributed by atoms with E-state index in [1.807, 2.05) is 24.3 Å². The third-order valence-electron chi connectivity index (χ3n) is 3.13. The summed E-state index contributed by atoms with van der Waals surface area (Å²) in [7, 11) is 1.61. The van der Waals surface area contributed by atoms with Crippen molar-refractivity contribution in [2.45, 2.75) is 11.8 Å². The van der Waals surface area contributed by atoms with E-state index in [1.165, 1.54) is 0 Å². The van der Waals surface area contributed by atoms with E-state index in [2.05, 4.69) is 6.07 Å². The molecule has 0 spiro atoms. The number of ether oxygens (including phenoxy) is 1. The molecule has 2 unspecified atom stereocenters. The summed E-state index contributed by atoms with van der Waals surface area (Å²) in [5.74, 6) is 0.879. The molecule has 1 aliphatic rings. The zero-order valence-corrected chi connectivity index (χ0v) is 8.60. The second kappa shape index (κ2) is 3.56. The summed E-state index contributed by atoms with van der Waals surface area (Å²) in [5.41, 5.74) is 0.519. The van der Waals surface area contributed by atoms with Gasteiger partial charge in [-0.2, -0.15) is 5.26 Å². The van der Waals surface area contributed by atoms with Gasteiger partial charge in [-0.3, -0.25) is 0 Å². The molecule has 0 bridgehead atoms. The van der Waals surface area contributed by atoms with Crippen molar-refractivity contribution < 1.29 is 9.84 Å². The molecule has 0 heterocycles. The van der Waals surface area contributed by atoms with Gasteiger partial charge in [0.2, 0.25) is 0 Å². The number of benzene rings is 1. The van der Waals surface area contributed by atoms with Crippen LogP contribution in [0.3, 0.4) is 0 Å². The highest BCUT2D eigenvalue weighted by atomic mass is 16.5. The van der Waals surface area contributed by atoms with Crippen molar-refractivity contribution in [1.82, 2.24) is 0 Å². The third kappa shape index (κ3) is 1.47. The van der Waals surface area contributed by atoms with Gasteiger partial charge in [-0.25, -0.2) is 0 Å². The molecule has 2 atom stereocenters. The predicted molar refractivity (Wildman–Crippen MR) is 55.5 cm³/mol. The number of aliphatic hydroxyl groups excluding tert-OH is 1. The lowest BCUT2D eigenvalue weighted by atomic mass is 9.95. The second-order valence-corrected chi connectivity index (χ2v) is 3.90. The maximum atomic E-state index is 9.15. The Balaban J connectivity index is 2.27. The van der Waals surface area contributed by atoms with Crippen LogP contribution in [0.4, 0.5) is 0 Å². The lowest BCUT2D eigenvalue weighted by Crippen LogP contribution is -2.08. The van der Waals surface area contributed by atoms with Crippen LogP contribution in [0.5, 0.6) is 5.75 Å². The van der Waals surface area contributed by atoms with E-state index in [0.29, 0.717) is 0 Å². The molecule has 0 saturated heterocycles. The first kappa shape index (κ1) is 10.0. The fraction of sp³-hybridized carbons (Fsp3) is 0.417. The molecule has 1 aromatic carbocycles. The van der Waals surface area contributed by atoms with E-state index >= 15 is 0 Å². The minimum absolute atomic E-state index is 0.0829. The van der Waals surface area contributed by atoms with Crippen LogP contribution in [0, 0.1) is 17.2 Å². The van der Waals surface area contributed by atoms with Gasteiger partial charge < -0.3 is 9.84 Å². The van der Waals surface area contributed by atoms with Crippen molar-refractivity contribution >= 4 is 0 Å². The summed E-state index contributed by atoms with van der Waals surface area (Å²) < 4.78 is 5.06. The predicted octanol–water partition coefficient (Wildman–Crippen LogP) is 1.47.